The van der Waals surface area contributed by atoms with Gasteiger partial charge >= 0.3 is 0 Å². The predicted octanol–water partition coefficient (Wildman–Crippen LogP) is 7.63. The lowest BCUT2D eigenvalue weighted by Gasteiger charge is -2.66. The third-order valence-electron chi connectivity index (χ3n) is 9.37. The molecule has 1 aromatic carbocycles. The molecule has 0 aromatic heterocycles. The Hall–Kier alpha value is -0.860. The molecule has 1 N–H and O–H groups in total. The Morgan fingerprint density at radius 2 is 1.55 bits per heavy atom. The van der Waals surface area contributed by atoms with Crippen LogP contribution in [-0.2, 0) is 11.2 Å². The SMILES string of the molecule is CCOC(C(O)Cc1ccc(C(CC(C)(C)C)C(C)(C)C)cc1)C1(C)CC2CC3CC(C1)C32. The van der Waals surface area contributed by atoms with Crippen LogP contribution < -0.4 is 0 Å². The van der Waals surface area contributed by atoms with Gasteiger partial charge in [-0.2, -0.15) is 0 Å². The first kappa shape index (κ1) is 25.2. The number of hydrogen-bond acceptors (Lipinski definition) is 2. The molecule has 0 bridgehead atoms. The lowest BCUT2D eigenvalue weighted by molar-refractivity contribution is -0.202. The third kappa shape index (κ3) is 5.22. The van der Waals surface area contributed by atoms with Crippen molar-refractivity contribution in [3.05, 3.63) is 35.4 Å². The Morgan fingerprint density at radius 1 is 0.970 bits per heavy atom. The largest absolute Gasteiger partial charge is 0.390 e. The van der Waals surface area contributed by atoms with Crippen molar-refractivity contribution < 1.29 is 9.84 Å². The highest BCUT2D eigenvalue weighted by atomic mass is 16.5. The molecule has 3 aliphatic rings. The summed E-state index contributed by atoms with van der Waals surface area (Å²) in [4.78, 5) is 0. The van der Waals surface area contributed by atoms with E-state index in [4.69, 9.17) is 4.74 Å². The second-order valence-corrected chi connectivity index (χ2v) is 14.5. The topological polar surface area (TPSA) is 29.5 Å². The van der Waals surface area contributed by atoms with E-state index in [1.165, 1.54) is 43.2 Å². The van der Waals surface area contributed by atoms with Crippen molar-refractivity contribution in [1.82, 2.24) is 0 Å². The number of ether oxygens (including phenoxy) is 1. The van der Waals surface area contributed by atoms with E-state index in [1.807, 2.05) is 0 Å². The molecular formula is C31H50O2. The van der Waals surface area contributed by atoms with E-state index in [9.17, 15) is 5.11 Å². The van der Waals surface area contributed by atoms with Gasteiger partial charge < -0.3 is 9.84 Å². The minimum absolute atomic E-state index is 0.0639. The molecule has 0 radical (unpaired) electrons. The first-order valence-electron chi connectivity index (χ1n) is 13.7. The number of aliphatic hydroxyl groups is 1. The summed E-state index contributed by atoms with van der Waals surface area (Å²) in [6.07, 6.45) is 6.69. The van der Waals surface area contributed by atoms with Crippen molar-refractivity contribution in [2.24, 2.45) is 39.9 Å². The summed E-state index contributed by atoms with van der Waals surface area (Å²) in [6.45, 7) is 19.2. The molecule has 1 aromatic rings. The molecular weight excluding hydrogens is 404 g/mol. The van der Waals surface area contributed by atoms with E-state index in [0.29, 0.717) is 24.4 Å². The van der Waals surface area contributed by atoms with Crippen LogP contribution in [0.5, 0.6) is 0 Å². The van der Waals surface area contributed by atoms with E-state index >= 15 is 0 Å². The molecule has 2 heteroatoms. The molecule has 0 aliphatic heterocycles. The molecule has 5 unspecified atom stereocenters. The Kier molecular flexibility index (Phi) is 6.86. The van der Waals surface area contributed by atoms with Gasteiger partial charge in [0.05, 0.1) is 12.2 Å². The fraction of sp³-hybridized carbons (Fsp3) is 0.806. The highest BCUT2D eigenvalue weighted by molar-refractivity contribution is 5.28. The van der Waals surface area contributed by atoms with Crippen LogP contribution in [0.1, 0.15) is 105 Å². The zero-order chi connectivity index (χ0) is 24.2. The van der Waals surface area contributed by atoms with Gasteiger partial charge in [0.1, 0.15) is 0 Å². The summed E-state index contributed by atoms with van der Waals surface area (Å²) in [5.74, 6) is 4.34. The van der Waals surface area contributed by atoms with Crippen molar-refractivity contribution in [1.29, 1.82) is 0 Å². The summed E-state index contributed by atoms with van der Waals surface area (Å²) in [6, 6.07) is 9.14. The molecule has 0 saturated heterocycles. The van der Waals surface area contributed by atoms with Gasteiger partial charge in [0, 0.05) is 13.0 Å². The lowest BCUT2D eigenvalue weighted by Crippen LogP contribution is -2.61. The quantitative estimate of drug-likeness (QED) is 0.437. The smallest absolute Gasteiger partial charge is 0.0890 e. The maximum atomic E-state index is 11.4. The van der Waals surface area contributed by atoms with E-state index in [0.717, 1.165) is 23.7 Å². The summed E-state index contributed by atoms with van der Waals surface area (Å²) in [7, 11) is 0. The second-order valence-electron chi connectivity index (χ2n) is 14.5. The standard InChI is InChI=1S/C31H50O2/c1-9-33-28(31(8)17-23-15-22-16-24(18-31)27(22)23)26(32)14-20-10-12-21(13-11-20)25(30(5,6)7)19-29(2,3)4/h10-13,22-28,32H,9,14-19H2,1-8H3. The van der Waals surface area contributed by atoms with Crippen LogP contribution >= 0.6 is 0 Å². The zero-order valence-corrected chi connectivity index (χ0v) is 22.7. The predicted molar refractivity (Wildman–Crippen MR) is 138 cm³/mol. The Balaban J connectivity index is 1.45. The second kappa shape index (κ2) is 8.98. The number of aliphatic hydroxyl groups excluding tert-OH is 1. The summed E-state index contributed by atoms with van der Waals surface area (Å²) >= 11 is 0. The first-order chi connectivity index (χ1) is 15.3. The van der Waals surface area contributed by atoms with Crippen LogP contribution in [0.2, 0.25) is 0 Å². The van der Waals surface area contributed by atoms with Gasteiger partial charge in [0.2, 0.25) is 0 Å². The lowest BCUT2D eigenvalue weighted by atomic mass is 9.39. The minimum atomic E-state index is -0.443. The van der Waals surface area contributed by atoms with Gasteiger partial charge in [0.25, 0.3) is 0 Å². The van der Waals surface area contributed by atoms with Crippen molar-refractivity contribution >= 4 is 0 Å². The van der Waals surface area contributed by atoms with Gasteiger partial charge in [-0.15, -0.1) is 0 Å². The molecule has 0 spiro atoms. The maximum Gasteiger partial charge on any atom is 0.0890 e. The van der Waals surface area contributed by atoms with Crippen LogP contribution in [0, 0.1) is 39.9 Å². The van der Waals surface area contributed by atoms with E-state index in [2.05, 4.69) is 79.7 Å². The van der Waals surface area contributed by atoms with Crippen LogP contribution in [-0.4, -0.2) is 23.9 Å². The van der Waals surface area contributed by atoms with E-state index in [-0.39, 0.29) is 16.9 Å². The van der Waals surface area contributed by atoms with Crippen molar-refractivity contribution in [2.75, 3.05) is 6.61 Å². The Bertz CT molecular complexity index is 780. The van der Waals surface area contributed by atoms with Gasteiger partial charge in [-0.3, -0.25) is 0 Å². The highest BCUT2D eigenvalue weighted by Gasteiger charge is 2.61. The molecule has 3 aliphatic carbocycles. The van der Waals surface area contributed by atoms with Crippen molar-refractivity contribution in [3.8, 4) is 0 Å². The summed E-state index contributed by atoms with van der Waals surface area (Å²) < 4.78 is 6.30. The zero-order valence-electron chi connectivity index (χ0n) is 22.7. The molecule has 0 amide bonds. The average molecular weight is 455 g/mol. The van der Waals surface area contributed by atoms with Gasteiger partial charge in [-0.05, 0) is 96.0 Å². The van der Waals surface area contributed by atoms with Crippen LogP contribution in [0.25, 0.3) is 0 Å². The average Bonchev–Trinajstić information content (AvgIpc) is 2.66. The Labute approximate surface area is 203 Å². The molecule has 3 saturated carbocycles. The third-order valence-corrected chi connectivity index (χ3v) is 9.37. The fourth-order valence-corrected chi connectivity index (χ4v) is 7.95. The van der Waals surface area contributed by atoms with Gasteiger partial charge in [-0.1, -0.05) is 72.7 Å². The molecule has 2 nitrogen and oxygen atoms in total. The number of rotatable bonds is 8. The monoisotopic (exact) mass is 454 g/mol. The van der Waals surface area contributed by atoms with Crippen LogP contribution in [0.15, 0.2) is 24.3 Å². The minimum Gasteiger partial charge on any atom is -0.390 e. The molecule has 4 rings (SSSR count). The fourth-order valence-electron chi connectivity index (χ4n) is 7.95. The Morgan fingerprint density at radius 3 is 2.00 bits per heavy atom. The molecule has 0 heterocycles. The number of hydrogen-bond donors (Lipinski definition) is 1. The highest BCUT2D eigenvalue weighted by Crippen LogP contribution is 2.67. The number of benzene rings is 1. The van der Waals surface area contributed by atoms with E-state index in [1.54, 1.807) is 0 Å². The summed E-state index contributed by atoms with van der Waals surface area (Å²) in [5, 5.41) is 11.4. The van der Waals surface area contributed by atoms with Crippen LogP contribution in [0.4, 0.5) is 0 Å². The normalized spacial score (nSPS) is 34.0. The van der Waals surface area contributed by atoms with Crippen molar-refractivity contribution in [3.63, 3.8) is 0 Å². The van der Waals surface area contributed by atoms with Crippen LogP contribution in [0.3, 0.4) is 0 Å². The van der Waals surface area contributed by atoms with E-state index < -0.39 is 6.10 Å². The van der Waals surface area contributed by atoms with Gasteiger partial charge in [0.15, 0.2) is 0 Å². The summed E-state index contributed by atoms with van der Waals surface area (Å²) in [5.41, 5.74) is 3.28. The molecule has 33 heavy (non-hydrogen) atoms. The maximum absolute atomic E-state index is 11.4. The first-order valence-corrected chi connectivity index (χ1v) is 13.7. The molecule has 186 valence electrons. The van der Waals surface area contributed by atoms with Gasteiger partial charge in [-0.25, -0.2) is 0 Å². The molecule has 5 atom stereocenters. The van der Waals surface area contributed by atoms with Crippen molar-refractivity contribution in [2.45, 2.75) is 112 Å². The molecule has 3 fully saturated rings.